The molecule has 0 aromatic heterocycles. The van der Waals surface area contributed by atoms with E-state index < -0.39 is 27.9 Å². The lowest BCUT2D eigenvalue weighted by Crippen LogP contribution is -2.40. The Morgan fingerprint density at radius 1 is 1.27 bits per heavy atom. The van der Waals surface area contributed by atoms with Gasteiger partial charge in [0.15, 0.2) is 0 Å². The molecule has 1 N–H and O–H groups in total. The van der Waals surface area contributed by atoms with E-state index in [2.05, 4.69) is 21.2 Å². The van der Waals surface area contributed by atoms with Gasteiger partial charge in [0.25, 0.3) is 5.91 Å². The number of carbonyl (C=O) groups excluding carboxylic acids is 1. The van der Waals surface area contributed by atoms with Gasteiger partial charge in [0, 0.05) is 23.2 Å². The van der Waals surface area contributed by atoms with Gasteiger partial charge in [-0.25, -0.2) is 4.39 Å². The van der Waals surface area contributed by atoms with E-state index in [1.54, 1.807) is 20.8 Å². The summed E-state index contributed by atoms with van der Waals surface area (Å²) in [6.45, 7) is 5.38. The number of hydrogen-bond acceptors (Lipinski definition) is 4. The predicted octanol–water partition coefficient (Wildman–Crippen LogP) is 5.47. The van der Waals surface area contributed by atoms with Gasteiger partial charge in [-0.2, -0.15) is 0 Å². The fraction of sp³-hybridized carbons (Fsp3) is 0.235. The van der Waals surface area contributed by atoms with Crippen LogP contribution in [0.5, 0.6) is 11.5 Å². The molecule has 0 aliphatic heterocycles. The quantitative estimate of drug-likeness (QED) is 0.384. The van der Waals surface area contributed by atoms with E-state index in [0.717, 1.165) is 12.1 Å². The first-order chi connectivity index (χ1) is 12.0. The lowest BCUT2D eigenvalue weighted by Gasteiger charge is -2.20. The highest BCUT2D eigenvalue weighted by Crippen LogP contribution is 2.37. The Bertz CT molecular complexity index is 884. The molecule has 2 aromatic rings. The Morgan fingerprint density at radius 3 is 2.50 bits per heavy atom. The summed E-state index contributed by atoms with van der Waals surface area (Å²) in [7, 11) is 0. The first-order valence-corrected chi connectivity index (χ1v) is 8.58. The Hall–Kier alpha value is -2.19. The maximum Gasteiger partial charge on any atom is 0.312 e. The molecule has 2 aromatic carbocycles. The first-order valence-electron chi connectivity index (χ1n) is 7.41. The number of halogens is 3. The van der Waals surface area contributed by atoms with Crippen LogP contribution >= 0.6 is 27.5 Å². The van der Waals surface area contributed by atoms with Gasteiger partial charge in [0.1, 0.15) is 11.6 Å². The topological polar surface area (TPSA) is 81.5 Å². The molecule has 0 fully saturated rings. The number of nitrogens with zero attached hydrogens (tertiary/aromatic N) is 1. The predicted molar refractivity (Wildman–Crippen MR) is 99.5 cm³/mol. The fourth-order valence-corrected chi connectivity index (χ4v) is 2.68. The third-order valence-corrected chi connectivity index (χ3v) is 4.00. The van der Waals surface area contributed by atoms with Crippen molar-refractivity contribution in [2.45, 2.75) is 26.3 Å². The minimum atomic E-state index is -0.688. The van der Waals surface area contributed by atoms with Gasteiger partial charge in [-0.1, -0.05) is 11.6 Å². The number of rotatable bonds is 4. The molecule has 6 nitrogen and oxygen atoms in total. The van der Waals surface area contributed by atoms with Crippen molar-refractivity contribution < 1.29 is 18.8 Å². The summed E-state index contributed by atoms with van der Waals surface area (Å²) in [5, 5.41) is 14.1. The van der Waals surface area contributed by atoms with E-state index in [1.807, 2.05) is 0 Å². The second kappa shape index (κ2) is 7.59. The Labute approximate surface area is 162 Å². The molecule has 26 heavy (non-hydrogen) atoms. The zero-order valence-electron chi connectivity index (χ0n) is 14.1. The van der Waals surface area contributed by atoms with Crippen molar-refractivity contribution in [3.05, 3.63) is 61.3 Å². The van der Waals surface area contributed by atoms with Gasteiger partial charge in [-0.05, 0) is 54.9 Å². The third-order valence-electron chi connectivity index (χ3n) is 3.10. The van der Waals surface area contributed by atoms with Gasteiger partial charge in [-0.3, -0.25) is 14.9 Å². The van der Waals surface area contributed by atoms with Crippen LogP contribution in [0.2, 0.25) is 5.02 Å². The molecule has 2 rings (SSSR count). The minimum Gasteiger partial charge on any atom is -0.448 e. The van der Waals surface area contributed by atoms with Crippen LogP contribution in [0, 0.1) is 15.9 Å². The summed E-state index contributed by atoms with van der Waals surface area (Å²) >= 11 is 8.97. The van der Waals surface area contributed by atoms with Crippen LogP contribution in [0.4, 0.5) is 10.1 Å². The SMILES string of the molecule is CC(C)(C)NC(=O)c1ccc(Oc2cc(F)c(Br)cc2Cl)c([N+](=O)[O-])c1. The zero-order chi connectivity index (χ0) is 19.6. The van der Waals surface area contributed by atoms with E-state index >= 15 is 0 Å². The number of nitro benzene ring substituents is 1. The summed E-state index contributed by atoms with van der Waals surface area (Å²) in [6.07, 6.45) is 0. The summed E-state index contributed by atoms with van der Waals surface area (Å²) < 4.78 is 19.2. The van der Waals surface area contributed by atoms with E-state index in [0.29, 0.717) is 0 Å². The van der Waals surface area contributed by atoms with Crippen molar-refractivity contribution in [2.75, 3.05) is 0 Å². The van der Waals surface area contributed by atoms with Crippen molar-refractivity contribution in [3.8, 4) is 11.5 Å². The standard InChI is InChI=1S/C17H15BrClFN2O4/c1-17(2,3)21-16(23)9-4-5-14(13(6-9)22(24)25)26-15-8-12(20)10(18)7-11(15)19/h4-8H,1-3H3,(H,21,23). The van der Waals surface area contributed by atoms with Gasteiger partial charge in [0.05, 0.1) is 14.4 Å². The van der Waals surface area contributed by atoms with E-state index in [-0.39, 0.29) is 26.6 Å². The third kappa shape index (κ3) is 4.92. The molecule has 9 heteroatoms. The maximum atomic E-state index is 13.7. The second-order valence-corrected chi connectivity index (χ2v) is 7.70. The van der Waals surface area contributed by atoms with Crippen LogP contribution in [0.25, 0.3) is 0 Å². The number of ether oxygens (including phenoxy) is 1. The minimum absolute atomic E-state index is 0.0714. The number of nitrogens with one attached hydrogen (secondary N) is 1. The van der Waals surface area contributed by atoms with Crippen LogP contribution < -0.4 is 10.1 Å². The highest BCUT2D eigenvalue weighted by atomic mass is 79.9. The highest BCUT2D eigenvalue weighted by molar-refractivity contribution is 9.10. The number of benzene rings is 2. The van der Waals surface area contributed by atoms with Gasteiger partial charge in [0.2, 0.25) is 5.75 Å². The zero-order valence-corrected chi connectivity index (χ0v) is 16.4. The van der Waals surface area contributed by atoms with Crippen molar-refractivity contribution >= 4 is 39.1 Å². The Morgan fingerprint density at radius 2 is 1.92 bits per heavy atom. The van der Waals surface area contributed by atoms with Crippen LogP contribution in [0.15, 0.2) is 34.8 Å². The number of nitro groups is 1. The lowest BCUT2D eigenvalue weighted by atomic mass is 10.1. The number of amides is 1. The van der Waals surface area contributed by atoms with Crippen molar-refractivity contribution in [3.63, 3.8) is 0 Å². The molecule has 0 radical (unpaired) electrons. The second-order valence-electron chi connectivity index (χ2n) is 6.44. The molecule has 0 bridgehead atoms. The Kier molecular flexibility index (Phi) is 5.87. The molecular formula is C17H15BrClFN2O4. The molecule has 0 unspecified atom stereocenters. The fourth-order valence-electron chi connectivity index (χ4n) is 2.00. The van der Waals surface area contributed by atoms with Gasteiger partial charge < -0.3 is 10.1 Å². The molecule has 1 amide bonds. The van der Waals surface area contributed by atoms with Gasteiger partial charge >= 0.3 is 5.69 Å². The number of hydrogen-bond donors (Lipinski definition) is 1. The average Bonchev–Trinajstić information content (AvgIpc) is 2.51. The van der Waals surface area contributed by atoms with Crippen molar-refractivity contribution in [1.82, 2.24) is 5.32 Å². The average molecular weight is 446 g/mol. The summed E-state index contributed by atoms with van der Waals surface area (Å²) in [5.74, 6) is -1.33. The molecule has 0 atom stereocenters. The monoisotopic (exact) mass is 444 g/mol. The summed E-state index contributed by atoms with van der Waals surface area (Å²) in [5.41, 5.74) is -0.832. The molecule has 0 spiro atoms. The molecule has 0 saturated carbocycles. The summed E-state index contributed by atoms with van der Waals surface area (Å²) in [6, 6.07) is 6.04. The highest BCUT2D eigenvalue weighted by Gasteiger charge is 2.22. The van der Waals surface area contributed by atoms with E-state index in [1.165, 1.54) is 18.2 Å². The maximum absolute atomic E-state index is 13.7. The molecule has 0 aliphatic carbocycles. The van der Waals surface area contributed by atoms with Crippen LogP contribution in [0.3, 0.4) is 0 Å². The van der Waals surface area contributed by atoms with Crippen molar-refractivity contribution in [1.29, 1.82) is 0 Å². The van der Waals surface area contributed by atoms with Crippen molar-refractivity contribution in [2.24, 2.45) is 0 Å². The van der Waals surface area contributed by atoms with Crippen LogP contribution in [0.1, 0.15) is 31.1 Å². The molecule has 0 heterocycles. The largest absolute Gasteiger partial charge is 0.448 e. The van der Waals surface area contributed by atoms with Crippen LogP contribution in [-0.2, 0) is 0 Å². The first kappa shape index (κ1) is 20.1. The summed E-state index contributed by atoms with van der Waals surface area (Å²) in [4.78, 5) is 22.9. The van der Waals surface area contributed by atoms with E-state index in [4.69, 9.17) is 16.3 Å². The van der Waals surface area contributed by atoms with E-state index in [9.17, 15) is 19.3 Å². The molecule has 138 valence electrons. The number of carbonyl (C=O) groups is 1. The van der Waals surface area contributed by atoms with Gasteiger partial charge in [-0.15, -0.1) is 0 Å². The molecular weight excluding hydrogens is 431 g/mol. The van der Waals surface area contributed by atoms with Crippen LogP contribution in [-0.4, -0.2) is 16.4 Å². The molecule has 0 aliphatic rings. The normalized spacial score (nSPS) is 11.2. The lowest BCUT2D eigenvalue weighted by molar-refractivity contribution is -0.385. The molecule has 0 saturated heterocycles. The smallest absolute Gasteiger partial charge is 0.312 e. The Balaban J connectivity index is 2.40.